The van der Waals surface area contributed by atoms with Crippen LogP contribution in [-0.4, -0.2) is 28.7 Å². The van der Waals surface area contributed by atoms with Gasteiger partial charge in [0, 0.05) is 11.8 Å². The molecule has 2 saturated heterocycles. The van der Waals surface area contributed by atoms with Crippen molar-refractivity contribution >= 4 is 0 Å². The average Bonchev–Trinajstić information content (AvgIpc) is 2.70. The van der Waals surface area contributed by atoms with Crippen LogP contribution >= 0.6 is 0 Å². The molecule has 3 heteroatoms. The molecule has 3 nitrogen and oxygen atoms in total. The van der Waals surface area contributed by atoms with E-state index >= 15 is 0 Å². The molecule has 0 radical (unpaired) electrons. The summed E-state index contributed by atoms with van der Waals surface area (Å²) in [5.41, 5.74) is -0.134. The summed E-state index contributed by atoms with van der Waals surface area (Å²) in [6.07, 6.45) is 0.947. The summed E-state index contributed by atoms with van der Waals surface area (Å²) in [5, 5.41) is 10.2. The largest absolute Gasteiger partial charge is 0.390 e. The molecule has 2 aliphatic heterocycles. The summed E-state index contributed by atoms with van der Waals surface area (Å²) in [5.74, 6) is 1.54. The summed E-state index contributed by atoms with van der Waals surface area (Å²) in [4.78, 5) is 0. The van der Waals surface area contributed by atoms with Crippen LogP contribution in [0.3, 0.4) is 0 Å². The van der Waals surface area contributed by atoms with Gasteiger partial charge in [0.15, 0.2) is 5.79 Å². The third-order valence-electron chi connectivity index (χ3n) is 5.30. The van der Waals surface area contributed by atoms with Crippen LogP contribution in [0.2, 0.25) is 0 Å². The van der Waals surface area contributed by atoms with Gasteiger partial charge in [-0.05, 0) is 39.0 Å². The van der Waals surface area contributed by atoms with Crippen LogP contribution in [0, 0.1) is 23.7 Å². The molecular weight excluding hydrogens is 192 g/mol. The highest BCUT2D eigenvalue weighted by Gasteiger charge is 2.76. The molecule has 4 aliphatic rings. The minimum Gasteiger partial charge on any atom is -0.390 e. The Morgan fingerprint density at radius 2 is 1.87 bits per heavy atom. The molecule has 0 unspecified atom stereocenters. The summed E-state index contributed by atoms with van der Waals surface area (Å²) < 4.78 is 12.1. The Hall–Kier alpha value is -0.120. The lowest BCUT2D eigenvalue weighted by molar-refractivity contribution is -0.257. The van der Waals surface area contributed by atoms with Gasteiger partial charge in [-0.3, -0.25) is 0 Å². The van der Waals surface area contributed by atoms with Gasteiger partial charge in [0.2, 0.25) is 0 Å². The van der Waals surface area contributed by atoms with Crippen LogP contribution in [0.5, 0.6) is 0 Å². The topological polar surface area (TPSA) is 38.7 Å². The van der Waals surface area contributed by atoms with E-state index in [0.29, 0.717) is 23.7 Å². The summed E-state index contributed by atoms with van der Waals surface area (Å²) in [6.45, 7) is 6.35. The van der Waals surface area contributed by atoms with Gasteiger partial charge in [-0.25, -0.2) is 0 Å². The van der Waals surface area contributed by atoms with Crippen molar-refractivity contribution in [1.29, 1.82) is 0 Å². The number of fused-ring (bicyclic) bond motifs is 2. The molecule has 4 rings (SSSR count). The molecule has 0 aromatic rings. The zero-order valence-electron chi connectivity index (χ0n) is 9.43. The maximum absolute atomic E-state index is 10.2. The molecule has 0 spiro atoms. The fourth-order valence-electron chi connectivity index (χ4n) is 5.18. The standard InChI is InChI=1S/C12H18O3/c1-11(2)7-5-4-6-8(7)12(3,15-11)14-10(6)9(5)13/h5-10,13H,4H2,1-3H3/t5-,6+,7-,8+,9+,10-,12-/m0/s1. The van der Waals surface area contributed by atoms with E-state index in [1.807, 2.05) is 0 Å². The first-order valence-corrected chi connectivity index (χ1v) is 6.00. The van der Waals surface area contributed by atoms with Crippen LogP contribution < -0.4 is 0 Å². The third kappa shape index (κ3) is 0.757. The molecule has 2 aliphatic carbocycles. The van der Waals surface area contributed by atoms with E-state index in [1.54, 1.807) is 0 Å². The molecule has 0 amide bonds. The van der Waals surface area contributed by atoms with E-state index in [4.69, 9.17) is 9.47 Å². The van der Waals surface area contributed by atoms with E-state index in [1.165, 1.54) is 0 Å². The SMILES string of the molecule is CC1(C)O[C@]2(C)O[C@@H]3[C@H](O)[C@H]4C[C@@H]3[C@@H]2[C@H]41. The smallest absolute Gasteiger partial charge is 0.170 e. The second kappa shape index (κ2) is 2.13. The van der Waals surface area contributed by atoms with E-state index in [-0.39, 0.29) is 17.8 Å². The van der Waals surface area contributed by atoms with Crippen molar-refractivity contribution in [1.82, 2.24) is 0 Å². The number of aliphatic hydroxyl groups excluding tert-OH is 1. The van der Waals surface area contributed by atoms with Crippen LogP contribution in [0.15, 0.2) is 0 Å². The lowest BCUT2D eigenvalue weighted by Gasteiger charge is -2.37. The van der Waals surface area contributed by atoms with Crippen LogP contribution in [-0.2, 0) is 9.47 Å². The maximum Gasteiger partial charge on any atom is 0.170 e. The highest BCUT2D eigenvalue weighted by Crippen LogP contribution is 2.70. The van der Waals surface area contributed by atoms with Crippen molar-refractivity contribution in [2.45, 2.75) is 50.8 Å². The Balaban J connectivity index is 1.90. The Labute approximate surface area is 89.8 Å². The molecule has 7 atom stereocenters. The molecule has 2 heterocycles. The zero-order chi connectivity index (χ0) is 10.6. The maximum atomic E-state index is 10.2. The number of hydrogen-bond donors (Lipinski definition) is 1. The molecule has 0 aromatic carbocycles. The van der Waals surface area contributed by atoms with E-state index in [9.17, 15) is 5.11 Å². The number of aliphatic hydroxyl groups is 1. The van der Waals surface area contributed by atoms with Crippen molar-refractivity contribution in [2.24, 2.45) is 23.7 Å². The first-order chi connectivity index (χ1) is 6.94. The number of hydrogen-bond acceptors (Lipinski definition) is 3. The predicted molar refractivity (Wildman–Crippen MR) is 53.0 cm³/mol. The lowest BCUT2D eigenvalue weighted by atomic mass is 9.71. The van der Waals surface area contributed by atoms with Gasteiger partial charge in [-0.15, -0.1) is 0 Å². The molecule has 0 aromatic heterocycles. The Morgan fingerprint density at radius 3 is 2.60 bits per heavy atom. The Bertz CT molecular complexity index is 340. The molecule has 2 bridgehead atoms. The van der Waals surface area contributed by atoms with Crippen LogP contribution in [0.1, 0.15) is 27.2 Å². The molecule has 4 fully saturated rings. The highest BCUT2D eigenvalue weighted by molar-refractivity contribution is 5.20. The van der Waals surface area contributed by atoms with Crippen molar-refractivity contribution < 1.29 is 14.6 Å². The number of ether oxygens (including phenoxy) is 2. The molecule has 2 saturated carbocycles. The third-order valence-corrected chi connectivity index (χ3v) is 5.30. The average molecular weight is 210 g/mol. The normalized spacial score (nSPS) is 68.0. The molecule has 1 N–H and O–H groups in total. The quantitative estimate of drug-likeness (QED) is 0.652. The molecule has 84 valence electrons. The van der Waals surface area contributed by atoms with Crippen LogP contribution in [0.4, 0.5) is 0 Å². The van der Waals surface area contributed by atoms with Gasteiger partial charge < -0.3 is 14.6 Å². The van der Waals surface area contributed by atoms with E-state index < -0.39 is 5.79 Å². The minimum atomic E-state index is -0.421. The second-order valence-corrected chi connectivity index (χ2v) is 6.41. The highest BCUT2D eigenvalue weighted by atomic mass is 16.7. The van der Waals surface area contributed by atoms with Gasteiger partial charge in [0.05, 0.1) is 17.8 Å². The number of rotatable bonds is 0. The Morgan fingerprint density at radius 1 is 1.13 bits per heavy atom. The van der Waals surface area contributed by atoms with Crippen LogP contribution in [0.25, 0.3) is 0 Å². The Kier molecular flexibility index (Phi) is 1.27. The first-order valence-electron chi connectivity index (χ1n) is 6.00. The van der Waals surface area contributed by atoms with Crippen molar-refractivity contribution in [3.05, 3.63) is 0 Å². The second-order valence-electron chi connectivity index (χ2n) is 6.41. The fraction of sp³-hybridized carbons (Fsp3) is 1.00. The van der Waals surface area contributed by atoms with Gasteiger partial charge in [-0.2, -0.15) is 0 Å². The fourth-order valence-corrected chi connectivity index (χ4v) is 5.18. The van der Waals surface area contributed by atoms with Crippen molar-refractivity contribution in [3.63, 3.8) is 0 Å². The summed E-state index contributed by atoms with van der Waals surface area (Å²) in [7, 11) is 0. The van der Waals surface area contributed by atoms with Gasteiger partial charge in [0.25, 0.3) is 0 Å². The monoisotopic (exact) mass is 210 g/mol. The summed E-state index contributed by atoms with van der Waals surface area (Å²) >= 11 is 0. The minimum absolute atomic E-state index is 0.0531. The molecule has 15 heavy (non-hydrogen) atoms. The van der Waals surface area contributed by atoms with Crippen molar-refractivity contribution in [3.8, 4) is 0 Å². The van der Waals surface area contributed by atoms with Gasteiger partial charge >= 0.3 is 0 Å². The van der Waals surface area contributed by atoms with Gasteiger partial charge in [-0.1, -0.05) is 0 Å². The van der Waals surface area contributed by atoms with Crippen molar-refractivity contribution in [2.75, 3.05) is 0 Å². The predicted octanol–water partition coefficient (Wildman–Crippen LogP) is 1.15. The lowest BCUT2D eigenvalue weighted by Crippen LogP contribution is -2.45. The van der Waals surface area contributed by atoms with Gasteiger partial charge in [0.1, 0.15) is 0 Å². The van der Waals surface area contributed by atoms with E-state index in [0.717, 1.165) is 6.42 Å². The van der Waals surface area contributed by atoms with E-state index in [2.05, 4.69) is 20.8 Å². The first kappa shape index (κ1) is 8.97. The summed E-state index contributed by atoms with van der Waals surface area (Å²) in [6, 6.07) is 0. The molecular formula is C12H18O3. The zero-order valence-corrected chi connectivity index (χ0v) is 9.43.